The van der Waals surface area contributed by atoms with Crippen LogP contribution in [-0.2, 0) is 24.1 Å². The first-order valence-electron chi connectivity index (χ1n) is 7.25. The second-order valence-corrected chi connectivity index (χ2v) is 5.19. The number of aryl methyl sites for hydroxylation is 2. The molecule has 1 aliphatic rings. The van der Waals surface area contributed by atoms with Gasteiger partial charge in [0.25, 0.3) is 0 Å². The zero-order chi connectivity index (χ0) is 12.8. The third-order valence-electron chi connectivity index (χ3n) is 3.87. The first-order valence-corrected chi connectivity index (χ1v) is 7.25. The van der Waals surface area contributed by atoms with Crippen molar-refractivity contribution >= 4 is 0 Å². The van der Waals surface area contributed by atoms with E-state index < -0.39 is 0 Å². The van der Waals surface area contributed by atoms with E-state index in [2.05, 4.69) is 21.7 Å². The molecular weight excluding hydrogens is 226 g/mol. The molecule has 0 unspecified atom stereocenters. The third kappa shape index (κ3) is 3.55. The predicted octanol–water partition coefficient (Wildman–Crippen LogP) is 2.61. The maximum atomic E-state index is 5.08. The van der Waals surface area contributed by atoms with E-state index in [1.165, 1.54) is 32.1 Å². The Bertz CT molecular complexity index is 356. The summed E-state index contributed by atoms with van der Waals surface area (Å²) in [7, 11) is 1.72. The molecule has 0 radical (unpaired) electrons. The van der Waals surface area contributed by atoms with Crippen molar-refractivity contribution < 1.29 is 4.74 Å². The highest BCUT2D eigenvalue weighted by Gasteiger charge is 2.16. The summed E-state index contributed by atoms with van der Waals surface area (Å²) < 4.78 is 7.14. The second kappa shape index (κ2) is 6.88. The van der Waals surface area contributed by atoms with Crippen LogP contribution in [0.5, 0.6) is 0 Å². The summed E-state index contributed by atoms with van der Waals surface area (Å²) in [6.07, 6.45) is 8.85. The summed E-state index contributed by atoms with van der Waals surface area (Å²) in [5.74, 6) is 3.02. The van der Waals surface area contributed by atoms with Crippen molar-refractivity contribution in [2.24, 2.45) is 5.92 Å². The minimum Gasteiger partial charge on any atom is -0.384 e. The number of aromatic nitrogens is 3. The molecule has 1 aromatic heterocycles. The summed E-state index contributed by atoms with van der Waals surface area (Å²) in [6.45, 7) is 3.75. The van der Waals surface area contributed by atoms with Gasteiger partial charge < -0.3 is 4.74 Å². The van der Waals surface area contributed by atoms with E-state index in [9.17, 15) is 0 Å². The van der Waals surface area contributed by atoms with Gasteiger partial charge in [0.05, 0.1) is 6.61 Å². The lowest BCUT2D eigenvalue weighted by Crippen LogP contribution is -2.06. The van der Waals surface area contributed by atoms with E-state index in [1.54, 1.807) is 7.11 Å². The van der Waals surface area contributed by atoms with Crippen molar-refractivity contribution in [2.45, 2.75) is 58.4 Å². The molecule has 1 aliphatic carbocycles. The van der Waals surface area contributed by atoms with E-state index in [0.29, 0.717) is 6.61 Å². The molecule has 18 heavy (non-hydrogen) atoms. The van der Waals surface area contributed by atoms with Crippen molar-refractivity contribution in [3.63, 3.8) is 0 Å². The molecule has 0 aromatic carbocycles. The minimum atomic E-state index is 0.704. The number of rotatable bonds is 7. The standard InChI is InChI=1S/C14H25N3O/c1-3-17-14(9-8-12-6-4-5-7-12)15-13(16-17)10-11-18-2/h12H,3-11H2,1-2H3. The molecule has 0 amide bonds. The van der Waals surface area contributed by atoms with Crippen LogP contribution in [0.25, 0.3) is 0 Å². The number of ether oxygens (including phenoxy) is 1. The molecule has 4 heteroatoms. The van der Waals surface area contributed by atoms with Gasteiger partial charge in [0.1, 0.15) is 5.82 Å². The Morgan fingerprint density at radius 3 is 2.72 bits per heavy atom. The van der Waals surface area contributed by atoms with Gasteiger partial charge in [-0.2, -0.15) is 5.10 Å². The average Bonchev–Trinajstić information content (AvgIpc) is 3.02. The number of nitrogens with zero attached hydrogens (tertiary/aromatic N) is 3. The lowest BCUT2D eigenvalue weighted by atomic mass is 10.0. The van der Waals surface area contributed by atoms with Crippen molar-refractivity contribution in [3.05, 3.63) is 11.6 Å². The van der Waals surface area contributed by atoms with E-state index >= 15 is 0 Å². The van der Waals surface area contributed by atoms with Crippen LogP contribution in [0.2, 0.25) is 0 Å². The van der Waals surface area contributed by atoms with Crippen LogP contribution < -0.4 is 0 Å². The fourth-order valence-electron chi connectivity index (χ4n) is 2.80. The maximum Gasteiger partial charge on any atom is 0.153 e. The fourth-order valence-corrected chi connectivity index (χ4v) is 2.80. The van der Waals surface area contributed by atoms with Gasteiger partial charge in [-0.15, -0.1) is 0 Å². The smallest absolute Gasteiger partial charge is 0.153 e. The third-order valence-corrected chi connectivity index (χ3v) is 3.87. The number of methoxy groups -OCH3 is 1. The molecular formula is C14H25N3O. The summed E-state index contributed by atoms with van der Waals surface area (Å²) >= 11 is 0. The van der Waals surface area contributed by atoms with E-state index in [1.807, 2.05) is 0 Å². The quantitative estimate of drug-likeness (QED) is 0.748. The van der Waals surface area contributed by atoms with E-state index in [-0.39, 0.29) is 0 Å². The minimum absolute atomic E-state index is 0.704. The largest absolute Gasteiger partial charge is 0.384 e. The normalized spacial score (nSPS) is 16.6. The van der Waals surface area contributed by atoms with E-state index in [4.69, 9.17) is 4.74 Å². The van der Waals surface area contributed by atoms with Crippen LogP contribution in [-0.4, -0.2) is 28.5 Å². The predicted molar refractivity (Wildman–Crippen MR) is 71.6 cm³/mol. The molecule has 0 bridgehead atoms. The molecule has 1 fully saturated rings. The molecule has 1 aromatic rings. The topological polar surface area (TPSA) is 39.9 Å². The van der Waals surface area contributed by atoms with Gasteiger partial charge in [0, 0.05) is 26.5 Å². The van der Waals surface area contributed by atoms with E-state index in [0.717, 1.165) is 37.0 Å². The highest BCUT2D eigenvalue weighted by atomic mass is 16.5. The Hall–Kier alpha value is -0.900. The highest BCUT2D eigenvalue weighted by Crippen LogP contribution is 2.28. The van der Waals surface area contributed by atoms with Gasteiger partial charge in [-0.1, -0.05) is 25.7 Å². The molecule has 0 N–H and O–H groups in total. The molecule has 1 heterocycles. The fraction of sp³-hybridized carbons (Fsp3) is 0.857. The van der Waals surface area contributed by atoms with Gasteiger partial charge in [-0.3, -0.25) is 4.68 Å². The zero-order valence-corrected chi connectivity index (χ0v) is 11.7. The van der Waals surface area contributed by atoms with Crippen molar-refractivity contribution in [3.8, 4) is 0 Å². The Kier molecular flexibility index (Phi) is 5.17. The highest BCUT2D eigenvalue weighted by molar-refractivity contribution is 4.94. The van der Waals surface area contributed by atoms with Crippen molar-refractivity contribution in [2.75, 3.05) is 13.7 Å². The summed E-state index contributed by atoms with van der Waals surface area (Å²) in [6, 6.07) is 0. The van der Waals surface area contributed by atoms with Crippen molar-refractivity contribution in [1.82, 2.24) is 14.8 Å². The number of hydrogen-bond donors (Lipinski definition) is 0. The first kappa shape index (κ1) is 13.5. The molecule has 0 atom stereocenters. The van der Waals surface area contributed by atoms with Gasteiger partial charge in [0.2, 0.25) is 0 Å². The summed E-state index contributed by atoms with van der Waals surface area (Å²) in [4.78, 5) is 4.65. The van der Waals surface area contributed by atoms with Crippen LogP contribution in [0.4, 0.5) is 0 Å². The van der Waals surface area contributed by atoms with Gasteiger partial charge in [-0.25, -0.2) is 4.98 Å². The lowest BCUT2D eigenvalue weighted by molar-refractivity contribution is 0.200. The van der Waals surface area contributed by atoms with Crippen LogP contribution >= 0.6 is 0 Å². The average molecular weight is 251 g/mol. The second-order valence-electron chi connectivity index (χ2n) is 5.19. The molecule has 2 rings (SSSR count). The van der Waals surface area contributed by atoms with Crippen LogP contribution in [0, 0.1) is 5.92 Å². The molecule has 4 nitrogen and oxygen atoms in total. The van der Waals surface area contributed by atoms with Crippen LogP contribution in [0.1, 0.15) is 50.7 Å². The SMILES string of the molecule is CCn1nc(CCOC)nc1CCC1CCCC1. The lowest BCUT2D eigenvalue weighted by Gasteiger charge is -2.08. The Balaban J connectivity index is 1.90. The molecule has 1 saturated carbocycles. The van der Waals surface area contributed by atoms with Crippen LogP contribution in [0.15, 0.2) is 0 Å². The Labute approximate surface area is 110 Å². The van der Waals surface area contributed by atoms with Gasteiger partial charge in [-0.05, 0) is 19.3 Å². The first-order chi connectivity index (χ1) is 8.83. The Morgan fingerprint density at radius 2 is 2.06 bits per heavy atom. The molecule has 0 aliphatic heterocycles. The zero-order valence-electron chi connectivity index (χ0n) is 11.7. The molecule has 102 valence electrons. The maximum absolute atomic E-state index is 5.08. The van der Waals surface area contributed by atoms with Gasteiger partial charge in [0.15, 0.2) is 5.82 Å². The molecule has 0 spiro atoms. The molecule has 0 saturated heterocycles. The summed E-state index contributed by atoms with van der Waals surface area (Å²) in [5, 5.41) is 4.54. The van der Waals surface area contributed by atoms with Crippen LogP contribution in [0.3, 0.4) is 0 Å². The van der Waals surface area contributed by atoms with Crippen molar-refractivity contribution in [1.29, 1.82) is 0 Å². The Morgan fingerprint density at radius 1 is 1.28 bits per heavy atom. The number of hydrogen-bond acceptors (Lipinski definition) is 3. The summed E-state index contributed by atoms with van der Waals surface area (Å²) in [5.41, 5.74) is 0. The monoisotopic (exact) mass is 251 g/mol. The van der Waals surface area contributed by atoms with Gasteiger partial charge >= 0.3 is 0 Å².